The van der Waals surface area contributed by atoms with Gasteiger partial charge in [-0.1, -0.05) is 28.1 Å². The number of likely N-dealkylation sites (tertiary alicyclic amines) is 1. The summed E-state index contributed by atoms with van der Waals surface area (Å²) in [6.07, 6.45) is -1.27. The molecule has 1 aliphatic rings. The van der Waals surface area contributed by atoms with E-state index in [0.29, 0.717) is 13.0 Å². The molecular weight excluding hydrogens is 286 g/mol. The van der Waals surface area contributed by atoms with Crippen LogP contribution in [-0.4, -0.2) is 35.3 Å². The number of β-amino-alcohol motifs (C(OH)–C–C–N with tert-alkyl or cyclic N) is 1. The molecule has 1 aliphatic heterocycles. The number of aliphatic hydroxyl groups is 1. The molecule has 5 heteroatoms. The van der Waals surface area contributed by atoms with E-state index in [0.717, 1.165) is 14.9 Å². The maximum Gasteiger partial charge on any atom is 0.137 e. The maximum atomic E-state index is 10.7. The van der Waals surface area contributed by atoms with Gasteiger partial charge in [-0.2, -0.15) is 0 Å². The second-order valence-corrected chi connectivity index (χ2v) is 5.15. The van der Waals surface area contributed by atoms with Crippen molar-refractivity contribution in [1.82, 2.24) is 4.90 Å². The molecule has 1 amide bonds. The number of nitrogens with zero attached hydrogens (tertiary/aromatic N) is 1. The van der Waals surface area contributed by atoms with Crippen molar-refractivity contribution < 1.29 is 15.0 Å². The van der Waals surface area contributed by atoms with Crippen LogP contribution in [0, 0.1) is 0 Å². The predicted octanol–water partition coefficient (Wildman–Crippen LogP) is 0.943. The zero-order valence-corrected chi connectivity index (χ0v) is 10.8. The Morgan fingerprint density at radius 2 is 2.29 bits per heavy atom. The number of carbonyl (C=O) groups is 1. The molecule has 1 N–H and O–H groups in total. The summed E-state index contributed by atoms with van der Waals surface area (Å²) in [4.78, 5) is 11.8. The minimum absolute atomic E-state index is 0.0110. The van der Waals surface area contributed by atoms with Gasteiger partial charge in [0.2, 0.25) is 0 Å². The van der Waals surface area contributed by atoms with Gasteiger partial charge in [-0.25, -0.2) is 0 Å². The molecule has 0 aliphatic carbocycles. The van der Waals surface area contributed by atoms with Crippen molar-refractivity contribution >= 4 is 22.0 Å². The van der Waals surface area contributed by atoms with E-state index in [1.165, 1.54) is 0 Å². The van der Waals surface area contributed by atoms with Gasteiger partial charge in [0.1, 0.15) is 6.09 Å². The Morgan fingerprint density at radius 3 is 2.88 bits per heavy atom. The fourth-order valence-electron chi connectivity index (χ4n) is 2.22. The molecule has 17 heavy (non-hydrogen) atoms. The zero-order valence-electron chi connectivity index (χ0n) is 9.17. The lowest BCUT2D eigenvalue weighted by Crippen LogP contribution is -2.50. The first kappa shape index (κ1) is 12.4. The molecule has 2 unspecified atom stereocenters. The summed E-state index contributed by atoms with van der Waals surface area (Å²) in [6, 6.07) is 7.75. The van der Waals surface area contributed by atoms with E-state index < -0.39 is 12.2 Å². The minimum atomic E-state index is -1.21. The third-order valence-corrected chi connectivity index (χ3v) is 3.61. The van der Waals surface area contributed by atoms with Gasteiger partial charge in [0.25, 0.3) is 0 Å². The van der Waals surface area contributed by atoms with Crippen molar-refractivity contribution in [2.45, 2.75) is 18.4 Å². The molecule has 1 aromatic carbocycles. The van der Waals surface area contributed by atoms with E-state index >= 15 is 0 Å². The number of piperidine rings is 1. The smallest absolute Gasteiger partial charge is 0.137 e. The quantitative estimate of drug-likeness (QED) is 0.839. The molecule has 1 saturated heterocycles. The lowest BCUT2D eigenvalue weighted by atomic mass is 9.87. The van der Waals surface area contributed by atoms with Gasteiger partial charge in [0.05, 0.1) is 6.10 Å². The number of rotatable bonds is 1. The molecule has 0 bridgehead atoms. The van der Waals surface area contributed by atoms with E-state index in [1.54, 1.807) is 0 Å². The normalized spacial score (nSPS) is 24.7. The van der Waals surface area contributed by atoms with Crippen LogP contribution >= 0.6 is 15.9 Å². The second kappa shape index (κ2) is 5.06. The average molecular weight is 299 g/mol. The van der Waals surface area contributed by atoms with Crippen molar-refractivity contribution in [3.8, 4) is 0 Å². The topological polar surface area (TPSA) is 63.6 Å². The average Bonchev–Trinajstić information content (AvgIpc) is 2.28. The Kier molecular flexibility index (Phi) is 3.69. The summed E-state index contributed by atoms with van der Waals surface area (Å²) in [6.45, 7) is 0.538. The summed E-state index contributed by atoms with van der Waals surface area (Å²) in [5.74, 6) is -0.0110. The van der Waals surface area contributed by atoms with Crippen LogP contribution in [0.5, 0.6) is 0 Å². The lowest BCUT2D eigenvalue weighted by Gasteiger charge is -2.37. The Labute approximate surface area is 108 Å². The molecule has 1 fully saturated rings. The number of carboxylic acid groups (broad SMARTS) is 1. The fourth-order valence-corrected chi connectivity index (χ4v) is 2.64. The first-order valence-electron chi connectivity index (χ1n) is 5.47. The first-order chi connectivity index (χ1) is 8.08. The minimum Gasteiger partial charge on any atom is -0.530 e. The third-order valence-electron chi connectivity index (χ3n) is 3.12. The van der Waals surface area contributed by atoms with E-state index in [-0.39, 0.29) is 12.5 Å². The van der Waals surface area contributed by atoms with Crippen molar-refractivity contribution in [3.05, 3.63) is 34.3 Å². The Balaban J connectivity index is 2.12. The molecule has 1 heterocycles. The summed E-state index contributed by atoms with van der Waals surface area (Å²) < 4.78 is 0.963. The standard InChI is InChI=1S/C12H14BrNO3/c13-9-3-1-2-8(6-9)10-4-5-14(12(16)17)7-11(10)15/h1-3,6,10-11,15H,4-5,7H2,(H,16,17)/p-1. The summed E-state index contributed by atoms with van der Waals surface area (Å²) in [7, 11) is 0. The molecule has 0 saturated carbocycles. The molecular formula is C12H13BrNO3-. The Morgan fingerprint density at radius 1 is 1.53 bits per heavy atom. The highest BCUT2D eigenvalue weighted by atomic mass is 79.9. The monoisotopic (exact) mass is 298 g/mol. The largest absolute Gasteiger partial charge is 0.530 e. The van der Waals surface area contributed by atoms with Gasteiger partial charge >= 0.3 is 0 Å². The number of benzene rings is 1. The molecule has 2 rings (SSSR count). The highest BCUT2D eigenvalue weighted by Gasteiger charge is 2.28. The summed E-state index contributed by atoms with van der Waals surface area (Å²) in [5, 5.41) is 20.7. The fraction of sp³-hybridized carbons (Fsp3) is 0.417. The van der Waals surface area contributed by atoms with E-state index in [9.17, 15) is 15.0 Å². The van der Waals surface area contributed by atoms with Crippen molar-refractivity contribution in [2.75, 3.05) is 13.1 Å². The van der Waals surface area contributed by atoms with Crippen LogP contribution in [0.2, 0.25) is 0 Å². The molecule has 0 aromatic heterocycles. The van der Waals surface area contributed by atoms with Crippen LogP contribution in [0.3, 0.4) is 0 Å². The van der Waals surface area contributed by atoms with E-state index in [4.69, 9.17) is 0 Å². The first-order valence-corrected chi connectivity index (χ1v) is 6.26. The number of hydrogen-bond donors (Lipinski definition) is 1. The van der Waals surface area contributed by atoms with Crippen LogP contribution in [0.4, 0.5) is 4.79 Å². The predicted molar refractivity (Wildman–Crippen MR) is 64.5 cm³/mol. The van der Waals surface area contributed by atoms with Gasteiger partial charge in [-0.05, 0) is 24.1 Å². The van der Waals surface area contributed by atoms with Crippen molar-refractivity contribution in [3.63, 3.8) is 0 Å². The lowest BCUT2D eigenvalue weighted by molar-refractivity contribution is -0.268. The van der Waals surface area contributed by atoms with Crippen LogP contribution in [0.1, 0.15) is 17.9 Å². The Bertz CT molecular complexity index is 424. The summed E-state index contributed by atoms with van der Waals surface area (Å²) in [5.41, 5.74) is 1.03. The third kappa shape index (κ3) is 2.79. The maximum absolute atomic E-state index is 10.7. The molecule has 4 nitrogen and oxygen atoms in total. The van der Waals surface area contributed by atoms with E-state index in [2.05, 4.69) is 15.9 Å². The summed E-state index contributed by atoms with van der Waals surface area (Å²) >= 11 is 3.39. The molecule has 2 atom stereocenters. The number of halogens is 1. The van der Waals surface area contributed by atoms with Crippen molar-refractivity contribution in [2.24, 2.45) is 0 Å². The molecule has 0 radical (unpaired) electrons. The number of aliphatic hydroxyl groups excluding tert-OH is 1. The van der Waals surface area contributed by atoms with Gasteiger partial charge in [0, 0.05) is 23.5 Å². The highest BCUT2D eigenvalue weighted by molar-refractivity contribution is 9.10. The molecule has 1 aromatic rings. The van der Waals surface area contributed by atoms with Gasteiger partial charge in [-0.15, -0.1) is 0 Å². The van der Waals surface area contributed by atoms with Crippen LogP contribution < -0.4 is 5.11 Å². The van der Waals surface area contributed by atoms with Crippen LogP contribution in [0.15, 0.2) is 28.7 Å². The van der Waals surface area contributed by atoms with Crippen LogP contribution in [0.25, 0.3) is 0 Å². The van der Waals surface area contributed by atoms with Gasteiger partial charge < -0.3 is 19.9 Å². The second-order valence-electron chi connectivity index (χ2n) is 4.23. The van der Waals surface area contributed by atoms with E-state index in [1.807, 2.05) is 24.3 Å². The SMILES string of the molecule is O=C([O-])N1CCC(c2cccc(Br)c2)C(O)C1. The van der Waals surface area contributed by atoms with Gasteiger partial charge in [0.15, 0.2) is 0 Å². The Hall–Kier alpha value is -1.07. The van der Waals surface area contributed by atoms with Gasteiger partial charge in [-0.3, -0.25) is 0 Å². The molecule has 0 spiro atoms. The zero-order chi connectivity index (χ0) is 12.4. The number of hydrogen-bond acceptors (Lipinski definition) is 3. The number of carbonyl (C=O) groups excluding carboxylic acids is 1. The number of amides is 1. The van der Waals surface area contributed by atoms with Crippen LogP contribution in [-0.2, 0) is 0 Å². The van der Waals surface area contributed by atoms with Crippen molar-refractivity contribution in [1.29, 1.82) is 0 Å². The highest BCUT2D eigenvalue weighted by Crippen LogP contribution is 2.29. The molecule has 92 valence electrons.